The SMILES string of the molecule is CNCC(=O)c1cccc2c(C)nnn12. The number of Topliss-reactive ketones (excluding diaryl/α,β-unsaturated/α-hetero) is 1. The van der Waals surface area contributed by atoms with Crippen LogP contribution in [0.4, 0.5) is 0 Å². The Morgan fingerprint density at radius 1 is 1.53 bits per heavy atom. The summed E-state index contributed by atoms with van der Waals surface area (Å²) in [5.74, 6) is 0.00741. The Kier molecular flexibility index (Phi) is 2.47. The molecule has 2 aromatic heterocycles. The summed E-state index contributed by atoms with van der Waals surface area (Å²) in [6.07, 6.45) is 0. The van der Waals surface area contributed by atoms with Crippen LogP contribution >= 0.6 is 0 Å². The highest BCUT2D eigenvalue weighted by Gasteiger charge is 2.11. The molecule has 0 amide bonds. The molecule has 2 aromatic rings. The van der Waals surface area contributed by atoms with Crippen molar-refractivity contribution in [2.45, 2.75) is 6.92 Å². The summed E-state index contributed by atoms with van der Waals surface area (Å²) in [6, 6.07) is 5.49. The quantitative estimate of drug-likeness (QED) is 0.737. The van der Waals surface area contributed by atoms with Crippen LogP contribution in [0, 0.1) is 6.92 Å². The molecular weight excluding hydrogens is 192 g/mol. The number of nitrogens with zero attached hydrogens (tertiary/aromatic N) is 3. The minimum atomic E-state index is 0.00741. The van der Waals surface area contributed by atoms with E-state index in [1.165, 1.54) is 0 Å². The molecule has 1 N–H and O–H groups in total. The molecule has 0 aliphatic heterocycles. The van der Waals surface area contributed by atoms with Gasteiger partial charge in [0.25, 0.3) is 0 Å². The number of likely N-dealkylation sites (N-methyl/N-ethyl adjacent to an activating group) is 1. The summed E-state index contributed by atoms with van der Waals surface area (Å²) in [6.45, 7) is 2.17. The summed E-state index contributed by atoms with van der Waals surface area (Å²) >= 11 is 0. The van der Waals surface area contributed by atoms with E-state index in [2.05, 4.69) is 15.6 Å². The zero-order valence-electron chi connectivity index (χ0n) is 8.69. The van der Waals surface area contributed by atoms with Crippen LogP contribution in [0.2, 0.25) is 0 Å². The maximum absolute atomic E-state index is 11.7. The lowest BCUT2D eigenvalue weighted by Gasteiger charge is -2.02. The molecule has 0 fully saturated rings. The first-order chi connectivity index (χ1) is 7.24. The largest absolute Gasteiger partial charge is 0.313 e. The second kappa shape index (κ2) is 3.78. The van der Waals surface area contributed by atoms with Crippen LogP contribution < -0.4 is 5.32 Å². The molecule has 0 aromatic carbocycles. The van der Waals surface area contributed by atoms with Crippen LogP contribution in [0.3, 0.4) is 0 Å². The second-order valence-corrected chi connectivity index (χ2v) is 3.34. The minimum Gasteiger partial charge on any atom is -0.313 e. The smallest absolute Gasteiger partial charge is 0.195 e. The maximum atomic E-state index is 11.7. The Labute approximate surface area is 87.1 Å². The third-order valence-corrected chi connectivity index (χ3v) is 2.24. The van der Waals surface area contributed by atoms with E-state index in [0.29, 0.717) is 12.2 Å². The summed E-state index contributed by atoms with van der Waals surface area (Å²) < 4.78 is 1.58. The lowest BCUT2D eigenvalue weighted by atomic mass is 10.2. The number of rotatable bonds is 3. The number of aryl methyl sites for hydroxylation is 1. The van der Waals surface area contributed by atoms with Gasteiger partial charge in [0.1, 0.15) is 5.69 Å². The van der Waals surface area contributed by atoms with E-state index in [4.69, 9.17) is 0 Å². The molecule has 15 heavy (non-hydrogen) atoms. The molecule has 0 bridgehead atoms. The number of carbonyl (C=O) groups excluding carboxylic acids is 1. The van der Waals surface area contributed by atoms with Crippen molar-refractivity contribution in [3.63, 3.8) is 0 Å². The molecule has 0 radical (unpaired) electrons. The van der Waals surface area contributed by atoms with Gasteiger partial charge >= 0.3 is 0 Å². The first-order valence-electron chi connectivity index (χ1n) is 4.73. The van der Waals surface area contributed by atoms with Gasteiger partial charge in [-0.05, 0) is 26.1 Å². The van der Waals surface area contributed by atoms with Crippen LogP contribution in [0.15, 0.2) is 18.2 Å². The fourth-order valence-electron chi connectivity index (χ4n) is 1.50. The van der Waals surface area contributed by atoms with Gasteiger partial charge in [0, 0.05) is 0 Å². The molecule has 78 valence electrons. The van der Waals surface area contributed by atoms with Gasteiger partial charge < -0.3 is 5.32 Å². The molecule has 2 heterocycles. The van der Waals surface area contributed by atoms with Crippen LogP contribution in [0.25, 0.3) is 5.52 Å². The number of hydrogen-bond acceptors (Lipinski definition) is 4. The maximum Gasteiger partial charge on any atom is 0.195 e. The van der Waals surface area contributed by atoms with E-state index in [0.717, 1.165) is 11.2 Å². The molecule has 0 saturated heterocycles. The van der Waals surface area contributed by atoms with E-state index in [1.807, 2.05) is 19.1 Å². The Morgan fingerprint density at radius 2 is 2.33 bits per heavy atom. The third-order valence-electron chi connectivity index (χ3n) is 2.24. The fraction of sp³-hybridized carbons (Fsp3) is 0.300. The average Bonchev–Trinajstić information content (AvgIpc) is 2.61. The van der Waals surface area contributed by atoms with Crippen LogP contribution in [-0.2, 0) is 0 Å². The van der Waals surface area contributed by atoms with Crippen molar-refractivity contribution in [3.8, 4) is 0 Å². The lowest BCUT2D eigenvalue weighted by molar-refractivity contribution is 0.0986. The van der Waals surface area contributed by atoms with Crippen molar-refractivity contribution in [1.82, 2.24) is 20.1 Å². The van der Waals surface area contributed by atoms with Crippen molar-refractivity contribution in [2.24, 2.45) is 0 Å². The molecule has 0 unspecified atom stereocenters. The highest BCUT2D eigenvalue weighted by atomic mass is 16.1. The molecule has 5 nitrogen and oxygen atoms in total. The van der Waals surface area contributed by atoms with E-state index in [9.17, 15) is 4.79 Å². The molecule has 0 saturated carbocycles. The van der Waals surface area contributed by atoms with E-state index >= 15 is 0 Å². The number of aromatic nitrogens is 3. The number of nitrogens with one attached hydrogen (secondary N) is 1. The zero-order valence-corrected chi connectivity index (χ0v) is 8.69. The number of fused-ring (bicyclic) bond motifs is 1. The zero-order chi connectivity index (χ0) is 10.8. The molecule has 5 heteroatoms. The Bertz CT molecular complexity index is 503. The minimum absolute atomic E-state index is 0.00741. The second-order valence-electron chi connectivity index (χ2n) is 3.34. The molecule has 0 spiro atoms. The normalized spacial score (nSPS) is 10.8. The van der Waals surface area contributed by atoms with E-state index < -0.39 is 0 Å². The third kappa shape index (κ3) is 1.61. The highest BCUT2D eigenvalue weighted by molar-refractivity contribution is 5.96. The predicted octanol–water partition coefficient (Wildman–Crippen LogP) is 0.440. The fourth-order valence-corrected chi connectivity index (χ4v) is 1.50. The monoisotopic (exact) mass is 204 g/mol. The van der Waals surface area contributed by atoms with Crippen molar-refractivity contribution in [2.75, 3.05) is 13.6 Å². The van der Waals surface area contributed by atoms with Gasteiger partial charge in [-0.25, -0.2) is 4.52 Å². The Morgan fingerprint density at radius 3 is 3.07 bits per heavy atom. The number of pyridine rings is 1. The van der Waals surface area contributed by atoms with Crippen LogP contribution in [0.1, 0.15) is 16.2 Å². The molecular formula is C10H12N4O. The van der Waals surface area contributed by atoms with Crippen molar-refractivity contribution in [1.29, 1.82) is 0 Å². The highest BCUT2D eigenvalue weighted by Crippen LogP contribution is 2.09. The van der Waals surface area contributed by atoms with Crippen LogP contribution in [-0.4, -0.2) is 34.2 Å². The molecule has 0 atom stereocenters. The number of ketones is 1. The van der Waals surface area contributed by atoms with E-state index in [1.54, 1.807) is 17.6 Å². The van der Waals surface area contributed by atoms with E-state index in [-0.39, 0.29) is 5.78 Å². The summed E-state index contributed by atoms with van der Waals surface area (Å²) in [7, 11) is 1.74. The van der Waals surface area contributed by atoms with Gasteiger partial charge in [-0.2, -0.15) is 0 Å². The van der Waals surface area contributed by atoms with Gasteiger partial charge in [0.15, 0.2) is 5.78 Å². The van der Waals surface area contributed by atoms with Crippen molar-refractivity contribution >= 4 is 11.3 Å². The van der Waals surface area contributed by atoms with Gasteiger partial charge in [-0.3, -0.25) is 4.79 Å². The molecule has 0 aliphatic carbocycles. The Hall–Kier alpha value is -1.75. The summed E-state index contributed by atoms with van der Waals surface area (Å²) in [5, 5.41) is 10.7. The number of carbonyl (C=O) groups is 1. The van der Waals surface area contributed by atoms with Gasteiger partial charge in [0.05, 0.1) is 17.8 Å². The van der Waals surface area contributed by atoms with Gasteiger partial charge in [-0.1, -0.05) is 11.3 Å². The average molecular weight is 204 g/mol. The molecule has 2 rings (SSSR count). The Balaban J connectivity index is 2.56. The van der Waals surface area contributed by atoms with Gasteiger partial charge in [-0.15, -0.1) is 5.10 Å². The lowest BCUT2D eigenvalue weighted by Crippen LogP contribution is -2.21. The van der Waals surface area contributed by atoms with Crippen LogP contribution in [0.5, 0.6) is 0 Å². The number of hydrogen-bond donors (Lipinski definition) is 1. The summed E-state index contributed by atoms with van der Waals surface area (Å²) in [5.41, 5.74) is 2.26. The predicted molar refractivity (Wildman–Crippen MR) is 56.0 cm³/mol. The first-order valence-corrected chi connectivity index (χ1v) is 4.73. The topological polar surface area (TPSA) is 59.3 Å². The molecule has 0 aliphatic rings. The van der Waals surface area contributed by atoms with Gasteiger partial charge in [0.2, 0.25) is 0 Å². The van der Waals surface area contributed by atoms with Crippen molar-refractivity contribution in [3.05, 3.63) is 29.6 Å². The standard InChI is InChI=1S/C10H12N4O/c1-7-8-4-3-5-9(10(15)6-11-2)14(8)13-12-7/h3-5,11H,6H2,1-2H3. The summed E-state index contributed by atoms with van der Waals surface area (Å²) in [4.78, 5) is 11.7. The van der Waals surface area contributed by atoms with Crippen molar-refractivity contribution < 1.29 is 4.79 Å². The first kappa shape index (κ1) is 9.79.